The van der Waals surface area contributed by atoms with Crippen LogP contribution < -0.4 is 5.32 Å². The molecular weight excluding hydrogens is 240 g/mol. The molecule has 96 valence electrons. The molecule has 1 heterocycles. The molecule has 0 aliphatic heterocycles. The summed E-state index contributed by atoms with van der Waals surface area (Å²) in [6.07, 6.45) is 6.20. The molecule has 1 amide bonds. The number of hydrogen-bond acceptors (Lipinski definition) is 3. The average molecular weight is 254 g/mol. The van der Waals surface area contributed by atoms with Crippen molar-refractivity contribution in [3.8, 4) is 6.07 Å². The van der Waals surface area contributed by atoms with Gasteiger partial charge in [-0.05, 0) is 24.6 Å². The van der Waals surface area contributed by atoms with Gasteiger partial charge in [0.1, 0.15) is 0 Å². The summed E-state index contributed by atoms with van der Waals surface area (Å²) in [7, 11) is 0. The lowest BCUT2D eigenvalue weighted by Gasteiger charge is -2.06. The Hall–Kier alpha value is -2.61. The van der Waals surface area contributed by atoms with Gasteiger partial charge in [-0.15, -0.1) is 0 Å². The van der Waals surface area contributed by atoms with Crippen molar-refractivity contribution in [2.75, 3.05) is 6.54 Å². The maximum absolute atomic E-state index is 11.8. The first-order chi connectivity index (χ1) is 9.29. The van der Waals surface area contributed by atoms with Gasteiger partial charge >= 0.3 is 0 Å². The number of hydrogen-bond donors (Lipinski definition) is 1. The summed E-state index contributed by atoms with van der Waals surface area (Å²) in [5.74, 6) is -0.150. The topological polar surface area (TPSA) is 70.7 Å². The maximum atomic E-state index is 11.8. The highest BCUT2D eigenvalue weighted by Gasteiger charge is 2.05. The summed E-state index contributed by atoms with van der Waals surface area (Å²) in [5.41, 5.74) is 1.01. The highest BCUT2D eigenvalue weighted by atomic mass is 16.1. The van der Waals surface area contributed by atoms with Crippen LogP contribution in [0.15, 0.2) is 43.0 Å². The SMILES string of the molecule is N#Cc1cccc(C(=O)NCCCn2ccnc2)c1. The van der Waals surface area contributed by atoms with Crippen LogP contribution in [-0.4, -0.2) is 22.0 Å². The Morgan fingerprint density at radius 2 is 2.37 bits per heavy atom. The zero-order valence-corrected chi connectivity index (χ0v) is 10.4. The largest absolute Gasteiger partial charge is 0.352 e. The third-order valence-electron chi connectivity index (χ3n) is 2.69. The van der Waals surface area contributed by atoms with E-state index in [4.69, 9.17) is 5.26 Å². The predicted molar refractivity (Wildman–Crippen MR) is 70.3 cm³/mol. The summed E-state index contributed by atoms with van der Waals surface area (Å²) in [4.78, 5) is 15.8. The molecule has 0 atom stereocenters. The number of benzene rings is 1. The van der Waals surface area contributed by atoms with E-state index in [9.17, 15) is 4.79 Å². The molecule has 0 aliphatic carbocycles. The Bertz CT molecular complexity index is 584. The van der Waals surface area contributed by atoms with E-state index in [-0.39, 0.29) is 5.91 Å². The van der Waals surface area contributed by atoms with Gasteiger partial charge in [-0.25, -0.2) is 4.98 Å². The van der Waals surface area contributed by atoms with Crippen LogP contribution >= 0.6 is 0 Å². The van der Waals surface area contributed by atoms with Crippen LogP contribution in [0, 0.1) is 11.3 Å². The Balaban J connectivity index is 1.79. The lowest BCUT2D eigenvalue weighted by atomic mass is 10.1. The first-order valence-electron chi connectivity index (χ1n) is 6.04. The predicted octanol–water partition coefficient (Wildman–Crippen LogP) is 1.57. The number of rotatable bonds is 5. The molecule has 0 saturated heterocycles. The number of aryl methyl sites for hydroxylation is 1. The van der Waals surface area contributed by atoms with Gasteiger partial charge in [0, 0.05) is 31.0 Å². The van der Waals surface area contributed by atoms with Gasteiger partial charge in [0.05, 0.1) is 18.0 Å². The molecule has 1 aromatic heterocycles. The maximum Gasteiger partial charge on any atom is 0.251 e. The van der Waals surface area contributed by atoms with Crippen molar-refractivity contribution in [1.29, 1.82) is 5.26 Å². The second-order valence-corrected chi connectivity index (χ2v) is 4.10. The van der Waals surface area contributed by atoms with Crippen molar-refractivity contribution in [2.24, 2.45) is 0 Å². The number of nitrogens with one attached hydrogen (secondary N) is 1. The van der Waals surface area contributed by atoms with Crippen LogP contribution in [0.1, 0.15) is 22.3 Å². The number of carbonyl (C=O) groups is 1. The molecule has 0 radical (unpaired) electrons. The van der Waals surface area contributed by atoms with E-state index < -0.39 is 0 Å². The Morgan fingerprint density at radius 1 is 1.47 bits per heavy atom. The highest BCUT2D eigenvalue weighted by Crippen LogP contribution is 2.03. The van der Waals surface area contributed by atoms with E-state index in [1.54, 1.807) is 36.8 Å². The van der Waals surface area contributed by atoms with Crippen LogP contribution in [0.2, 0.25) is 0 Å². The van der Waals surface area contributed by atoms with Crippen LogP contribution in [0.4, 0.5) is 0 Å². The van der Waals surface area contributed by atoms with Gasteiger partial charge in [-0.1, -0.05) is 6.07 Å². The van der Waals surface area contributed by atoms with Gasteiger partial charge in [-0.2, -0.15) is 5.26 Å². The third-order valence-corrected chi connectivity index (χ3v) is 2.69. The normalized spacial score (nSPS) is 9.84. The minimum absolute atomic E-state index is 0.150. The smallest absolute Gasteiger partial charge is 0.251 e. The van der Waals surface area contributed by atoms with Crippen molar-refractivity contribution in [3.05, 3.63) is 54.1 Å². The molecule has 0 unspecified atom stereocenters. The van der Waals surface area contributed by atoms with E-state index in [1.165, 1.54) is 0 Å². The average Bonchev–Trinajstić information content (AvgIpc) is 2.96. The lowest BCUT2D eigenvalue weighted by Crippen LogP contribution is -2.25. The zero-order chi connectivity index (χ0) is 13.5. The number of aromatic nitrogens is 2. The first kappa shape index (κ1) is 12.8. The molecule has 1 aromatic carbocycles. The third kappa shape index (κ3) is 3.68. The summed E-state index contributed by atoms with van der Waals surface area (Å²) >= 11 is 0. The minimum Gasteiger partial charge on any atom is -0.352 e. The molecule has 0 bridgehead atoms. The van der Waals surface area contributed by atoms with E-state index >= 15 is 0 Å². The fourth-order valence-electron chi connectivity index (χ4n) is 1.71. The number of imidazole rings is 1. The molecule has 19 heavy (non-hydrogen) atoms. The molecule has 0 aliphatic rings. The van der Waals surface area contributed by atoms with Gasteiger partial charge in [0.15, 0.2) is 0 Å². The van der Waals surface area contributed by atoms with Crippen LogP contribution in [-0.2, 0) is 6.54 Å². The summed E-state index contributed by atoms with van der Waals surface area (Å²) in [6, 6.07) is 8.69. The zero-order valence-electron chi connectivity index (χ0n) is 10.4. The van der Waals surface area contributed by atoms with E-state index in [0.717, 1.165) is 13.0 Å². The molecule has 5 nitrogen and oxygen atoms in total. The Morgan fingerprint density at radius 3 is 3.11 bits per heavy atom. The second kappa shape index (κ2) is 6.36. The molecule has 0 spiro atoms. The quantitative estimate of drug-likeness (QED) is 0.823. The van der Waals surface area contributed by atoms with Crippen molar-refractivity contribution >= 4 is 5.91 Å². The Labute approximate surface area is 111 Å². The van der Waals surface area contributed by atoms with E-state index in [0.29, 0.717) is 17.7 Å². The monoisotopic (exact) mass is 254 g/mol. The van der Waals surface area contributed by atoms with E-state index in [1.807, 2.05) is 16.8 Å². The molecule has 5 heteroatoms. The fraction of sp³-hybridized carbons (Fsp3) is 0.214. The number of carbonyl (C=O) groups excluding carboxylic acids is 1. The minimum atomic E-state index is -0.150. The number of nitrogens with zero attached hydrogens (tertiary/aromatic N) is 3. The van der Waals surface area contributed by atoms with Crippen molar-refractivity contribution < 1.29 is 4.79 Å². The molecule has 2 rings (SSSR count). The Kier molecular flexibility index (Phi) is 4.29. The van der Waals surface area contributed by atoms with Gasteiger partial charge < -0.3 is 9.88 Å². The summed E-state index contributed by atoms with van der Waals surface area (Å²) in [5, 5.41) is 11.6. The van der Waals surface area contributed by atoms with Gasteiger partial charge in [0.2, 0.25) is 0 Å². The molecular formula is C14H14N4O. The summed E-state index contributed by atoms with van der Waals surface area (Å²) in [6.45, 7) is 1.41. The van der Waals surface area contributed by atoms with Crippen molar-refractivity contribution in [2.45, 2.75) is 13.0 Å². The second-order valence-electron chi connectivity index (χ2n) is 4.10. The molecule has 0 saturated carbocycles. The van der Waals surface area contributed by atoms with Crippen molar-refractivity contribution in [3.63, 3.8) is 0 Å². The summed E-state index contributed by atoms with van der Waals surface area (Å²) < 4.78 is 1.96. The number of amides is 1. The van der Waals surface area contributed by atoms with Gasteiger partial charge in [-0.3, -0.25) is 4.79 Å². The van der Waals surface area contributed by atoms with Crippen LogP contribution in [0.5, 0.6) is 0 Å². The standard InChI is InChI=1S/C14H14N4O/c15-10-12-3-1-4-13(9-12)14(19)17-5-2-7-18-8-6-16-11-18/h1,3-4,6,8-9,11H,2,5,7H2,(H,17,19). The van der Waals surface area contributed by atoms with Gasteiger partial charge in [0.25, 0.3) is 5.91 Å². The fourth-order valence-corrected chi connectivity index (χ4v) is 1.71. The van der Waals surface area contributed by atoms with Crippen molar-refractivity contribution in [1.82, 2.24) is 14.9 Å². The van der Waals surface area contributed by atoms with Crippen LogP contribution in [0.3, 0.4) is 0 Å². The first-order valence-corrected chi connectivity index (χ1v) is 6.04. The molecule has 1 N–H and O–H groups in total. The number of nitriles is 1. The molecule has 0 fully saturated rings. The molecule has 2 aromatic rings. The van der Waals surface area contributed by atoms with Crippen LogP contribution in [0.25, 0.3) is 0 Å². The lowest BCUT2D eigenvalue weighted by molar-refractivity contribution is 0.0952. The van der Waals surface area contributed by atoms with E-state index in [2.05, 4.69) is 10.3 Å². The highest BCUT2D eigenvalue weighted by molar-refractivity contribution is 5.94.